The van der Waals surface area contributed by atoms with Crippen molar-refractivity contribution in [2.45, 2.75) is 20.8 Å². The highest BCUT2D eigenvalue weighted by Crippen LogP contribution is 2.23. The molecule has 0 aromatic carbocycles. The van der Waals surface area contributed by atoms with E-state index in [1.807, 2.05) is 24.8 Å². The average molecular weight is 288 g/mol. The van der Waals surface area contributed by atoms with Gasteiger partial charge in [-0.1, -0.05) is 12.1 Å². The van der Waals surface area contributed by atoms with E-state index in [1.165, 1.54) is 0 Å². The number of amides is 1. The third kappa shape index (κ3) is 2.51. The van der Waals surface area contributed by atoms with Crippen molar-refractivity contribution in [3.63, 3.8) is 0 Å². The van der Waals surface area contributed by atoms with Crippen LogP contribution in [0.2, 0.25) is 0 Å². The van der Waals surface area contributed by atoms with Crippen molar-refractivity contribution in [2.24, 2.45) is 0 Å². The third-order valence-electron chi connectivity index (χ3n) is 4.08. The molecule has 3 heterocycles. The van der Waals surface area contributed by atoms with Gasteiger partial charge in [0.05, 0.1) is 16.6 Å². The summed E-state index contributed by atoms with van der Waals surface area (Å²) in [4.78, 5) is 21.4. The lowest BCUT2D eigenvalue weighted by atomic mass is 10.1. The molecule has 1 saturated heterocycles. The molecule has 0 N–H and O–H groups in total. The van der Waals surface area contributed by atoms with Crippen LogP contribution in [0.25, 0.3) is 11.1 Å². The van der Waals surface area contributed by atoms with Crippen molar-refractivity contribution < 1.29 is 9.32 Å². The van der Waals surface area contributed by atoms with Crippen LogP contribution in [0.4, 0.5) is 0 Å². The number of aromatic nitrogens is 2. The normalized spacial score (nSPS) is 16.6. The zero-order chi connectivity index (χ0) is 15.0. The maximum Gasteiger partial charge on any atom is 0.258 e. The van der Waals surface area contributed by atoms with Crippen LogP contribution in [-0.2, 0) is 0 Å². The fourth-order valence-electron chi connectivity index (χ4n) is 2.82. The van der Waals surface area contributed by atoms with E-state index in [2.05, 4.69) is 22.0 Å². The maximum absolute atomic E-state index is 12.8. The average Bonchev–Trinajstić information content (AvgIpc) is 2.87. The molecule has 1 fully saturated rings. The van der Waals surface area contributed by atoms with Crippen molar-refractivity contribution in [1.82, 2.24) is 19.9 Å². The van der Waals surface area contributed by atoms with Gasteiger partial charge in [-0.05, 0) is 26.5 Å². The zero-order valence-corrected chi connectivity index (χ0v) is 12.7. The lowest BCUT2D eigenvalue weighted by Gasteiger charge is -2.34. The highest BCUT2D eigenvalue weighted by molar-refractivity contribution is 6.06. The van der Waals surface area contributed by atoms with Gasteiger partial charge in [0, 0.05) is 31.9 Å². The van der Waals surface area contributed by atoms with Gasteiger partial charge in [-0.2, -0.15) is 0 Å². The summed E-state index contributed by atoms with van der Waals surface area (Å²) in [6.07, 6.45) is 0. The summed E-state index contributed by atoms with van der Waals surface area (Å²) >= 11 is 0. The third-order valence-corrected chi connectivity index (χ3v) is 4.08. The van der Waals surface area contributed by atoms with Gasteiger partial charge in [-0.3, -0.25) is 4.79 Å². The summed E-state index contributed by atoms with van der Waals surface area (Å²) in [5.74, 6) is 0.0487. The molecule has 21 heavy (non-hydrogen) atoms. The van der Waals surface area contributed by atoms with Gasteiger partial charge < -0.3 is 14.3 Å². The Morgan fingerprint density at radius 2 is 2.00 bits per heavy atom. The minimum atomic E-state index is 0.0487. The molecular weight excluding hydrogens is 268 g/mol. The van der Waals surface area contributed by atoms with Crippen LogP contribution in [0, 0.1) is 13.8 Å². The monoisotopic (exact) mass is 288 g/mol. The number of piperazine rings is 1. The molecule has 0 saturated carbocycles. The molecule has 0 spiro atoms. The van der Waals surface area contributed by atoms with Crippen molar-refractivity contribution in [2.75, 3.05) is 32.7 Å². The quantitative estimate of drug-likeness (QED) is 0.840. The summed E-state index contributed by atoms with van der Waals surface area (Å²) < 4.78 is 5.20. The molecule has 3 rings (SSSR count). The predicted molar refractivity (Wildman–Crippen MR) is 79.3 cm³/mol. The van der Waals surface area contributed by atoms with Crippen LogP contribution >= 0.6 is 0 Å². The van der Waals surface area contributed by atoms with Crippen LogP contribution in [-0.4, -0.2) is 58.6 Å². The number of fused-ring (bicyclic) bond motifs is 1. The molecule has 0 unspecified atom stereocenters. The second-order valence-corrected chi connectivity index (χ2v) is 5.49. The van der Waals surface area contributed by atoms with Gasteiger partial charge in [0.2, 0.25) is 0 Å². The Morgan fingerprint density at radius 1 is 1.29 bits per heavy atom. The van der Waals surface area contributed by atoms with Crippen LogP contribution in [0.15, 0.2) is 10.6 Å². The predicted octanol–water partition coefficient (Wildman–Crippen LogP) is 1.62. The van der Waals surface area contributed by atoms with Crippen molar-refractivity contribution in [3.8, 4) is 0 Å². The Hall–Kier alpha value is -1.95. The van der Waals surface area contributed by atoms with E-state index in [-0.39, 0.29) is 5.91 Å². The van der Waals surface area contributed by atoms with Gasteiger partial charge in [-0.15, -0.1) is 0 Å². The number of pyridine rings is 1. The summed E-state index contributed by atoms with van der Waals surface area (Å²) in [5.41, 5.74) is 2.59. The Balaban J connectivity index is 1.93. The van der Waals surface area contributed by atoms with E-state index in [1.54, 1.807) is 0 Å². The Morgan fingerprint density at radius 3 is 2.67 bits per heavy atom. The molecule has 2 aromatic heterocycles. The second kappa shape index (κ2) is 5.44. The van der Waals surface area contributed by atoms with Gasteiger partial charge in [0.1, 0.15) is 0 Å². The molecule has 0 radical (unpaired) electrons. The van der Waals surface area contributed by atoms with Crippen LogP contribution in [0.5, 0.6) is 0 Å². The van der Waals surface area contributed by atoms with Crippen molar-refractivity contribution in [1.29, 1.82) is 0 Å². The van der Waals surface area contributed by atoms with Crippen molar-refractivity contribution in [3.05, 3.63) is 23.0 Å². The first kappa shape index (κ1) is 14.0. The van der Waals surface area contributed by atoms with E-state index >= 15 is 0 Å². The van der Waals surface area contributed by atoms with E-state index in [9.17, 15) is 4.79 Å². The SMILES string of the molecule is CCN1CCN(C(=O)c2cc(C)nc3onc(C)c23)CC1. The van der Waals surface area contributed by atoms with Crippen molar-refractivity contribution >= 4 is 17.0 Å². The molecular formula is C15H20N4O2. The molecule has 6 nitrogen and oxygen atoms in total. The van der Waals surface area contributed by atoms with E-state index < -0.39 is 0 Å². The first-order valence-electron chi connectivity index (χ1n) is 7.35. The Bertz CT molecular complexity index is 672. The molecule has 0 bridgehead atoms. The molecule has 2 aromatic rings. The molecule has 0 atom stereocenters. The minimum Gasteiger partial charge on any atom is -0.336 e. The van der Waals surface area contributed by atoms with Crippen LogP contribution < -0.4 is 0 Å². The zero-order valence-electron chi connectivity index (χ0n) is 12.7. The number of aryl methyl sites for hydroxylation is 2. The Labute approximate surface area is 123 Å². The number of carbonyl (C=O) groups excluding carboxylic acids is 1. The Kier molecular flexibility index (Phi) is 3.63. The standard InChI is InChI=1S/C15H20N4O2/c1-4-18-5-7-19(8-6-18)15(20)12-9-10(2)16-14-13(12)11(3)17-21-14/h9H,4-8H2,1-3H3. The maximum atomic E-state index is 12.8. The number of hydrogen-bond acceptors (Lipinski definition) is 5. The van der Waals surface area contributed by atoms with E-state index in [0.717, 1.165) is 43.8 Å². The van der Waals surface area contributed by atoms with Gasteiger partial charge in [-0.25, -0.2) is 4.98 Å². The number of carbonyl (C=O) groups is 1. The van der Waals surface area contributed by atoms with Crippen LogP contribution in [0.3, 0.4) is 0 Å². The number of likely N-dealkylation sites (N-methyl/N-ethyl adjacent to an activating group) is 1. The highest BCUT2D eigenvalue weighted by atomic mass is 16.5. The van der Waals surface area contributed by atoms with Gasteiger partial charge in [0.25, 0.3) is 11.6 Å². The molecule has 112 valence electrons. The number of rotatable bonds is 2. The first-order chi connectivity index (χ1) is 10.1. The molecule has 1 aliphatic heterocycles. The molecule has 1 aliphatic rings. The second-order valence-electron chi connectivity index (χ2n) is 5.49. The fourth-order valence-corrected chi connectivity index (χ4v) is 2.82. The summed E-state index contributed by atoms with van der Waals surface area (Å²) in [7, 11) is 0. The number of nitrogens with zero attached hydrogens (tertiary/aromatic N) is 4. The fraction of sp³-hybridized carbons (Fsp3) is 0.533. The lowest BCUT2D eigenvalue weighted by molar-refractivity contribution is 0.0645. The number of hydrogen-bond donors (Lipinski definition) is 0. The summed E-state index contributed by atoms with van der Waals surface area (Å²) in [6, 6.07) is 1.83. The summed E-state index contributed by atoms with van der Waals surface area (Å²) in [5, 5.41) is 4.67. The minimum absolute atomic E-state index is 0.0487. The molecule has 6 heteroatoms. The van der Waals surface area contributed by atoms with Gasteiger partial charge in [0.15, 0.2) is 0 Å². The molecule has 1 amide bonds. The largest absolute Gasteiger partial charge is 0.336 e. The molecule has 0 aliphatic carbocycles. The summed E-state index contributed by atoms with van der Waals surface area (Å²) in [6.45, 7) is 10.3. The van der Waals surface area contributed by atoms with E-state index in [0.29, 0.717) is 17.0 Å². The first-order valence-corrected chi connectivity index (χ1v) is 7.35. The smallest absolute Gasteiger partial charge is 0.258 e. The van der Waals surface area contributed by atoms with Crippen LogP contribution in [0.1, 0.15) is 28.7 Å². The highest BCUT2D eigenvalue weighted by Gasteiger charge is 2.25. The topological polar surface area (TPSA) is 62.5 Å². The van der Waals surface area contributed by atoms with Gasteiger partial charge >= 0.3 is 0 Å². The van der Waals surface area contributed by atoms with E-state index in [4.69, 9.17) is 4.52 Å². The lowest BCUT2D eigenvalue weighted by Crippen LogP contribution is -2.48.